The Morgan fingerprint density at radius 3 is 1.71 bits per heavy atom. The number of hydrogen-bond acceptors (Lipinski definition) is 2. The summed E-state index contributed by atoms with van der Waals surface area (Å²) in [5.41, 5.74) is -0.622. The average Bonchev–Trinajstić information content (AvgIpc) is 1.92. The molecule has 0 fully saturated rings. The Balaban J connectivity index is 4.90. The summed E-state index contributed by atoms with van der Waals surface area (Å²) in [5, 5.41) is 0. The van der Waals surface area contributed by atoms with Crippen LogP contribution in [0, 0.1) is 0 Å². The highest BCUT2D eigenvalue weighted by molar-refractivity contribution is 6.76. The fourth-order valence-electron chi connectivity index (χ4n) is 1.37. The summed E-state index contributed by atoms with van der Waals surface area (Å²) < 4.78 is 5.48. The van der Waals surface area contributed by atoms with E-state index in [0.717, 1.165) is 6.17 Å². The summed E-state index contributed by atoms with van der Waals surface area (Å²) >= 11 is 0. The van der Waals surface area contributed by atoms with Crippen molar-refractivity contribution in [3.63, 3.8) is 0 Å². The van der Waals surface area contributed by atoms with Crippen LogP contribution in [0.2, 0.25) is 19.6 Å². The number of carbonyl (C=O) groups is 1. The van der Waals surface area contributed by atoms with Gasteiger partial charge in [-0.2, -0.15) is 0 Å². The Morgan fingerprint density at radius 1 is 1.06 bits per heavy atom. The van der Waals surface area contributed by atoms with Crippen molar-refractivity contribution in [3.8, 4) is 0 Å². The second kappa shape index (κ2) is 5.00. The van der Waals surface area contributed by atoms with Gasteiger partial charge in [0.1, 0.15) is 5.60 Å². The molecule has 0 unspecified atom stereocenters. The maximum atomic E-state index is 12.2. The van der Waals surface area contributed by atoms with Crippen LogP contribution in [0.15, 0.2) is 0 Å². The van der Waals surface area contributed by atoms with Crippen LogP contribution < -0.4 is 0 Å². The number of carbonyl (C=O) groups excluding carboxylic acids is 1. The second-order valence-electron chi connectivity index (χ2n) is 7.80. The van der Waals surface area contributed by atoms with E-state index in [1.807, 2.05) is 25.7 Å². The predicted octanol–water partition coefficient (Wildman–Crippen LogP) is 3.90. The van der Waals surface area contributed by atoms with E-state index >= 15 is 0 Å². The molecule has 0 bridgehead atoms. The fourth-order valence-corrected chi connectivity index (χ4v) is 2.92. The van der Waals surface area contributed by atoms with Crippen LogP contribution in [-0.2, 0) is 4.74 Å². The van der Waals surface area contributed by atoms with Gasteiger partial charge in [0.05, 0.1) is 8.07 Å². The third-order valence-electron chi connectivity index (χ3n) is 2.06. The van der Waals surface area contributed by atoms with Crippen LogP contribution in [0.5, 0.6) is 0 Å². The minimum absolute atomic E-state index is 0.192. The van der Waals surface area contributed by atoms with Crippen molar-refractivity contribution in [2.45, 2.75) is 72.3 Å². The molecule has 0 aliphatic carbocycles. The van der Waals surface area contributed by atoms with E-state index < -0.39 is 13.7 Å². The maximum absolute atomic E-state index is 12.2. The minimum atomic E-state index is -1.34. The lowest BCUT2D eigenvalue weighted by atomic mass is 10.1. The molecule has 0 saturated carbocycles. The summed E-state index contributed by atoms with van der Waals surface area (Å²) in [4.78, 5) is 14.1. The molecular formula is C13H29NO2Si. The number of amides is 1. The molecule has 0 aliphatic heterocycles. The lowest BCUT2D eigenvalue weighted by Gasteiger charge is -2.39. The first-order valence-corrected chi connectivity index (χ1v) is 9.94. The van der Waals surface area contributed by atoms with Crippen LogP contribution in [0.25, 0.3) is 0 Å². The highest BCUT2D eigenvalue weighted by Gasteiger charge is 2.33. The van der Waals surface area contributed by atoms with Crippen LogP contribution in [-0.4, -0.2) is 36.4 Å². The van der Waals surface area contributed by atoms with Crippen LogP contribution >= 0.6 is 0 Å². The molecule has 0 radical (unpaired) electrons. The molecule has 17 heavy (non-hydrogen) atoms. The average molecular weight is 259 g/mol. The minimum Gasteiger partial charge on any atom is -0.444 e. The molecule has 4 heteroatoms. The van der Waals surface area contributed by atoms with E-state index in [9.17, 15) is 4.79 Å². The smallest absolute Gasteiger partial charge is 0.410 e. The molecule has 0 aromatic carbocycles. The molecule has 0 atom stereocenters. The van der Waals surface area contributed by atoms with Gasteiger partial charge in [-0.1, -0.05) is 19.6 Å². The van der Waals surface area contributed by atoms with Gasteiger partial charge in [0.25, 0.3) is 0 Å². The van der Waals surface area contributed by atoms with E-state index in [-0.39, 0.29) is 11.6 Å². The lowest BCUT2D eigenvalue weighted by molar-refractivity contribution is 0.0110. The van der Waals surface area contributed by atoms with Crippen molar-refractivity contribution in [1.29, 1.82) is 0 Å². The molecule has 0 aromatic rings. The van der Waals surface area contributed by atoms with Gasteiger partial charge >= 0.3 is 6.09 Å². The second-order valence-corrected chi connectivity index (χ2v) is 13.2. The Labute approximate surface area is 108 Å². The lowest BCUT2D eigenvalue weighted by Crippen LogP contribution is -2.53. The van der Waals surface area contributed by atoms with Crippen LogP contribution in [0.3, 0.4) is 0 Å². The zero-order chi connectivity index (χ0) is 14.1. The van der Waals surface area contributed by atoms with E-state index in [0.29, 0.717) is 0 Å². The number of hydrogen-bond donors (Lipinski definition) is 0. The van der Waals surface area contributed by atoms with Crippen LogP contribution in [0.4, 0.5) is 4.79 Å². The van der Waals surface area contributed by atoms with Gasteiger partial charge < -0.3 is 9.64 Å². The first-order chi connectivity index (χ1) is 7.22. The molecule has 0 rings (SSSR count). The van der Waals surface area contributed by atoms with Gasteiger partial charge in [-0.3, -0.25) is 0 Å². The SMILES string of the molecule is CC(C)(C)OC(=O)N(C[Si](C)(C)C)C(C)(C)C. The van der Waals surface area contributed by atoms with Gasteiger partial charge in [0.15, 0.2) is 0 Å². The van der Waals surface area contributed by atoms with Crippen molar-refractivity contribution in [2.75, 3.05) is 6.17 Å². The first-order valence-electron chi connectivity index (χ1n) is 6.23. The topological polar surface area (TPSA) is 29.5 Å². The summed E-state index contributed by atoms with van der Waals surface area (Å²) in [5.74, 6) is 0. The molecule has 0 spiro atoms. The molecule has 0 N–H and O–H groups in total. The summed E-state index contributed by atoms with van der Waals surface area (Å²) in [6.07, 6.45) is 0.623. The number of rotatable bonds is 2. The van der Waals surface area contributed by atoms with Crippen LogP contribution in [0.1, 0.15) is 41.5 Å². The Hall–Kier alpha value is -0.513. The van der Waals surface area contributed by atoms with Gasteiger partial charge in [0.2, 0.25) is 0 Å². The molecular weight excluding hydrogens is 230 g/mol. The van der Waals surface area contributed by atoms with Crippen molar-refractivity contribution in [1.82, 2.24) is 4.90 Å². The zero-order valence-electron chi connectivity index (χ0n) is 13.0. The third-order valence-corrected chi connectivity index (χ3v) is 3.32. The fraction of sp³-hybridized carbons (Fsp3) is 0.923. The first kappa shape index (κ1) is 16.5. The third kappa shape index (κ3) is 7.42. The number of nitrogens with zero attached hydrogens (tertiary/aromatic N) is 1. The normalized spacial score (nSPS) is 13.5. The molecule has 102 valence electrons. The van der Waals surface area contributed by atoms with Crippen molar-refractivity contribution in [3.05, 3.63) is 0 Å². The predicted molar refractivity (Wildman–Crippen MR) is 76.0 cm³/mol. The van der Waals surface area contributed by atoms with E-state index in [1.54, 1.807) is 0 Å². The summed E-state index contributed by atoms with van der Waals surface area (Å²) in [6, 6.07) is 0. The molecule has 3 nitrogen and oxygen atoms in total. The number of ether oxygens (including phenoxy) is 1. The van der Waals surface area contributed by atoms with Gasteiger partial charge in [-0.05, 0) is 41.5 Å². The van der Waals surface area contributed by atoms with Crippen molar-refractivity contribution < 1.29 is 9.53 Å². The standard InChI is InChI=1S/C13H29NO2Si/c1-12(2,3)14(10-17(7,8)9)11(15)16-13(4,5)6/h10H2,1-9H3. The molecule has 0 heterocycles. The van der Waals surface area contributed by atoms with Gasteiger partial charge in [-0.25, -0.2) is 4.79 Å². The quantitative estimate of drug-likeness (QED) is 0.704. The molecule has 1 amide bonds. The zero-order valence-corrected chi connectivity index (χ0v) is 14.0. The van der Waals surface area contributed by atoms with Crippen molar-refractivity contribution in [2.24, 2.45) is 0 Å². The summed E-state index contributed by atoms with van der Waals surface area (Å²) in [6.45, 7) is 18.6. The Bertz CT molecular complexity index is 269. The highest BCUT2D eigenvalue weighted by atomic mass is 28.3. The molecule has 0 saturated heterocycles. The van der Waals surface area contributed by atoms with E-state index in [4.69, 9.17) is 4.74 Å². The largest absolute Gasteiger partial charge is 0.444 e. The summed E-state index contributed by atoms with van der Waals surface area (Å²) in [7, 11) is -1.34. The van der Waals surface area contributed by atoms with E-state index in [1.165, 1.54) is 0 Å². The molecule has 0 aromatic heterocycles. The maximum Gasteiger partial charge on any atom is 0.410 e. The van der Waals surface area contributed by atoms with Gasteiger partial charge in [0, 0.05) is 11.7 Å². The Morgan fingerprint density at radius 2 is 1.47 bits per heavy atom. The van der Waals surface area contributed by atoms with Crippen molar-refractivity contribution >= 4 is 14.2 Å². The Kier molecular flexibility index (Phi) is 4.85. The monoisotopic (exact) mass is 259 g/mol. The van der Waals surface area contributed by atoms with E-state index in [2.05, 4.69) is 40.4 Å². The van der Waals surface area contributed by atoms with Gasteiger partial charge in [-0.15, -0.1) is 0 Å². The molecule has 0 aliphatic rings. The highest BCUT2D eigenvalue weighted by Crippen LogP contribution is 2.20.